The van der Waals surface area contributed by atoms with Crippen molar-refractivity contribution in [3.63, 3.8) is 0 Å². The smallest absolute Gasteiger partial charge is 0.134 e. The van der Waals surface area contributed by atoms with Crippen molar-refractivity contribution in [2.75, 3.05) is 17.7 Å². The fraction of sp³-hybridized carbons (Fsp3) is 0.412. The van der Waals surface area contributed by atoms with Crippen LogP contribution in [-0.2, 0) is 19.4 Å². The van der Waals surface area contributed by atoms with Crippen LogP contribution in [0, 0.1) is 0 Å². The molecule has 0 aliphatic rings. The van der Waals surface area contributed by atoms with Crippen molar-refractivity contribution >= 4 is 11.6 Å². The topological polar surface area (TPSA) is 49.8 Å². The van der Waals surface area contributed by atoms with Gasteiger partial charge in [0.25, 0.3) is 0 Å². The van der Waals surface area contributed by atoms with E-state index in [0.29, 0.717) is 0 Å². The molecule has 0 saturated carbocycles. The van der Waals surface area contributed by atoms with Gasteiger partial charge in [0.2, 0.25) is 0 Å². The number of benzene rings is 1. The van der Waals surface area contributed by atoms with E-state index in [1.54, 1.807) is 6.33 Å². The molecule has 4 nitrogen and oxygen atoms in total. The van der Waals surface area contributed by atoms with Gasteiger partial charge in [0.05, 0.1) is 0 Å². The molecule has 2 aromatic rings. The van der Waals surface area contributed by atoms with E-state index < -0.39 is 0 Å². The third kappa shape index (κ3) is 3.72. The molecule has 1 aromatic heterocycles. The summed E-state index contributed by atoms with van der Waals surface area (Å²) in [5.41, 5.74) is 3.87. The molecule has 0 saturated heterocycles. The molecule has 0 amide bonds. The van der Waals surface area contributed by atoms with Crippen molar-refractivity contribution in [1.82, 2.24) is 9.97 Å². The number of hydrogen-bond donors (Lipinski definition) is 2. The lowest BCUT2D eigenvalue weighted by Gasteiger charge is -2.15. The first kappa shape index (κ1) is 15.3. The molecule has 2 rings (SSSR count). The molecular formula is C17H24N4. The zero-order valence-corrected chi connectivity index (χ0v) is 13.1. The lowest BCUT2D eigenvalue weighted by Crippen LogP contribution is -2.09. The molecular weight excluding hydrogens is 260 g/mol. The molecule has 0 spiro atoms. The molecule has 112 valence electrons. The Morgan fingerprint density at radius 1 is 1.00 bits per heavy atom. The van der Waals surface area contributed by atoms with E-state index >= 15 is 0 Å². The molecule has 0 radical (unpaired) electrons. The number of anilines is 2. The average molecular weight is 284 g/mol. The van der Waals surface area contributed by atoms with E-state index in [0.717, 1.165) is 43.0 Å². The standard InChI is InChI=1S/C17H24N4/c1-4-8-15-16(18-3)20-12-21-17(15)19-11-14-10-7-6-9-13(14)5-2/h6-7,9-10,12H,4-5,8,11H2,1-3H3,(H2,18,19,20,21). The third-order valence-electron chi connectivity index (χ3n) is 3.63. The molecule has 0 aliphatic carbocycles. The van der Waals surface area contributed by atoms with Gasteiger partial charge in [-0.2, -0.15) is 0 Å². The van der Waals surface area contributed by atoms with Gasteiger partial charge < -0.3 is 10.6 Å². The van der Waals surface area contributed by atoms with E-state index in [1.807, 2.05) is 7.05 Å². The summed E-state index contributed by atoms with van der Waals surface area (Å²) in [6.07, 6.45) is 4.70. The van der Waals surface area contributed by atoms with Crippen LogP contribution in [0.4, 0.5) is 11.6 Å². The van der Waals surface area contributed by atoms with Gasteiger partial charge in [0.1, 0.15) is 18.0 Å². The molecule has 0 bridgehead atoms. The number of aryl methyl sites for hydroxylation is 1. The van der Waals surface area contributed by atoms with Crippen LogP contribution in [0.2, 0.25) is 0 Å². The van der Waals surface area contributed by atoms with E-state index in [-0.39, 0.29) is 0 Å². The first-order chi connectivity index (χ1) is 10.3. The largest absolute Gasteiger partial charge is 0.373 e. The molecule has 21 heavy (non-hydrogen) atoms. The summed E-state index contributed by atoms with van der Waals surface area (Å²) in [6, 6.07) is 8.53. The fourth-order valence-electron chi connectivity index (χ4n) is 2.52. The Labute approximate surface area is 127 Å². The van der Waals surface area contributed by atoms with Gasteiger partial charge in [-0.1, -0.05) is 44.5 Å². The Hall–Kier alpha value is -2.10. The highest BCUT2D eigenvalue weighted by Gasteiger charge is 2.10. The summed E-state index contributed by atoms with van der Waals surface area (Å²) in [5.74, 6) is 1.85. The Kier molecular flexibility index (Phi) is 5.55. The minimum Gasteiger partial charge on any atom is -0.373 e. The van der Waals surface area contributed by atoms with Crippen LogP contribution < -0.4 is 10.6 Å². The maximum Gasteiger partial charge on any atom is 0.134 e. The van der Waals surface area contributed by atoms with Crippen molar-refractivity contribution < 1.29 is 0 Å². The quantitative estimate of drug-likeness (QED) is 0.815. The predicted molar refractivity (Wildman–Crippen MR) is 88.7 cm³/mol. The Morgan fingerprint density at radius 2 is 1.71 bits per heavy atom. The van der Waals surface area contributed by atoms with Crippen molar-refractivity contribution in [2.45, 2.75) is 39.7 Å². The minimum atomic E-state index is 0.793. The molecule has 0 atom stereocenters. The SMILES string of the molecule is CCCc1c(NC)ncnc1NCc1ccccc1CC. The highest BCUT2D eigenvalue weighted by atomic mass is 15.1. The molecule has 0 fully saturated rings. The summed E-state index contributed by atoms with van der Waals surface area (Å²) < 4.78 is 0. The van der Waals surface area contributed by atoms with Crippen LogP contribution in [-0.4, -0.2) is 17.0 Å². The second-order valence-electron chi connectivity index (χ2n) is 5.03. The van der Waals surface area contributed by atoms with Crippen molar-refractivity contribution in [3.05, 3.63) is 47.3 Å². The summed E-state index contributed by atoms with van der Waals surface area (Å²) >= 11 is 0. The van der Waals surface area contributed by atoms with Crippen LogP contribution in [0.5, 0.6) is 0 Å². The van der Waals surface area contributed by atoms with Crippen LogP contribution >= 0.6 is 0 Å². The molecule has 1 aromatic carbocycles. The van der Waals surface area contributed by atoms with Crippen LogP contribution in [0.15, 0.2) is 30.6 Å². The second-order valence-corrected chi connectivity index (χ2v) is 5.03. The number of rotatable bonds is 7. The number of nitrogens with one attached hydrogen (secondary N) is 2. The first-order valence-electron chi connectivity index (χ1n) is 7.62. The van der Waals surface area contributed by atoms with Crippen molar-refractivity contribution in [2.24, 2.45) is 0 Å². The lowest BCUT2D eigenvalue weighted by atomic mass is 10.1. The third-order valence-corrected chi connectivity index (χ3v) is 3.63. The van der Waals surface area contributed by atoms with Gasteiger partial charge in [0.15, 0.2) is 0 Å². The summed E-state index contributed by atoms with van der Waals surface area (Å²) in [4.78, 5) is 8.72. The van der Waals surface area contributed by atoms with Gasteiger partial charge >= 0.3 is 0 Å². The van der Waals surface area contributed by atoms with Gasteiger partial charge in [0, 0.05) is 19.2 Å². The van der Waals surface area contributed by atoms with E-state index in [1.165, 1.54) is 11.1 Å². The number of aromatic nitrogens is 2. The van der Waals surface area contributed by atoms with Gasteiger partial charge in [-0.15, -0.1) is 0 Å². The Morgan fingerprint density at radius 3 is 2.38 bits per heavy atom. The van der Waals surface area contributed by atoms with E-state index in [2.05, 4.69) is 58.7 Å². The molecule has 0 unspecified atom stereocenters. The van der Waals surface area contributed by atoms with E-state index in [4.69, 9.17) is 0 Å². The highest BCUT2D eigenvalue weighted by molar-refractivity contribution is 5.57. The maximum absolute atomic E-state index is 4.41. The number of nitrogens with zero attached hydrogens (tertiary/aromatic N) is 2. The predicted octanol–water partition coefficient (Wildman–Crippen LogP) is 3.65. The van der Waals surface area contributed by atoms with Crippen molar-refractivity contribution in [1.29, 1.82) is 0 Å². The first-order valence-corrected chi connectivity index (χ1v) is 7.62. The minimum absolute atomic E-state index is 0.793. The van der Waals surface area contributed by atoms with E-state index in [9.17, 15) is 0 Å². The van der Waals surface area contributed by atoms with Gasteiger partial charge in [-0.05, 0) is 24.0 Å². The lowest BCUT2D eigenvalue weighted by molar-refractivity contribution is 0.897. The van der Waals surface area contributed by atoms with Crippen molar-refractivity contribution in [3.8, 4) is 0 Å². The Bertz CT molecular complexity index is 581. The molecule has 0 aliphatic heterocycles. The van der Waals surface area contributed by atoms with Gasteiger partial charge in [-0.25, -0.2) is 9.97 Å². The van der Waals surface area contributed by atoms with Crippen LogP contribution in [0.3, 0.4) is 0 Å². The molecule has 4 heteroatoms. The Balaban J connectivity index is 2.19. The molecule has 2 N–H and O–H groups in total. The zero-order chi connectivity index (χ0) is 15.1. The average Bonchev–Trinajstić information content (AvgIpc) is 2.54. The second kappa shape index (κ2) is 7.62. The summed E-state index contributed by atoms with van der Waals surface area (Å²) in [5, 5.41) is 6.62. The summed E-state index contributed by atoms with van der Waals surface area (Å²) in [6.45, 7) is 5.15. The maximum atomic E-state index is 4.41. The van der Waals surface area contributed by atoms with Crippen LogP contribution in [0.25, 0.3) is 0 Å². The zero-order valence-electron chi connectivity index (χ0n) is 13.1. The van der Waals surface area contributed by atoms with Crippen LogP contribution in [0.1, 0.15) is 37.0 Å². The molecule has 1 heterocycles. The highest BCUT2D eigenvalue weighted by Crippen LogP contribution is 2.22. The fourth-order valence-corrected chi connectivity index (χ4v) is 2.52. The summed E-state index contributed by atoms with van der Waals surface area (Å²) in [7, 11) is 1.90. The monoisotopic (exact) mass is 284 g/mol. The normalized spacial score (nSPS) is 10.4. The number of hydrogen-bond acceptors (Lipinski definition) is 4. The van der Waals surface area contributed by atoms with Gasteiger partial charge in [-0.3, -0.25) is 0 Å².